The number of hydrogen-bond donors (Lipinski definition) is 10. The molecule has 3 rings (SSSR count). The fourth-order valence-electron chi connectivity index (χ4n) is 8.52. The van der Waals surface area contributed by atoms with Crippen molar-refractivity contribution in [2.75, 3.05) is 90.4 Å². The van der Waals surface area contributed by atoms with E-state index in [9.17, 15) is 48.3 Å². The molecule has 2 aromatic rings. The molecule has 1 saturated heterocycles. The first-order chi connectivity index (χ1) is 35.6. The topological polar surface area (TPSA) is 362 Å². The van der Waals surface area contributed by atoms with Crippen molar-refractivity contribution in [1.29, 1.82) is 0 Å². The molecule has 1 aliphatic heterocycles. The van der Waals surface area contributed by atoms with Crippen LogP contribution in [0.3, 0.4) is 0 Å². The van der Waals surface area contributed by atoms with Gasteiger partial charge < -0.3 is 59.3 Å². The van der Waals surface area contributed by atoms with Gasteiger partial charge in [-0.3, -0.25) is 53.2 Å². The highest BCUT2D eigenvalue weighted by atomic mass is 32.1. The van der Waals surface area contributed by atoms with Crippen molar-refractivity contribution in [2.24, 2.45) is 22.9 Å². The van der Waals surface area contributed by atoms with Crippen LogP contribution in [0.25, 0.3) is 0 Å². The number of unbranched alkanes of at least 4 members (excludes halogenated alkanes) is 2. The predicted molar refractivity (Wildman–Crippen MR) is 285 cm³/mol. The molecule has 14 N–H and O–H groups in total. The van der Waals surface area contributed by atoms with Gasteiger partial charge >= 0.3 is 18.0 Å². The van der Waals surface area contributed by atoms with Crippen LogP contribution in [0.2, 0.25) is 0 Å². The van der Waals surface area contributed by atoms with Crippen LogP contribution in [0.4, 0.5) is 10.5 Å². The van der Waals surface area contributed by atoms with Gasteiger partial charge in [0.15, 0.2) is 10.9 Å². The number of urea groups is 1. The van der Waals surface area contributed by atoms with Gasteiger partial charge in [0.1, 0.15) is 6.04 Å². The van der Waals surface area contributed by atoms with Gasteiger partial charge in [-0.25, -0.2) is 9.59 Å². The van der Waals surface area contributed by atoms with Gasteiger partial charge in [-0.05, 0) is 94.3 Å². The third-order valence-electron chi connectivity index (χ3n) is 12.5. The van der Waals surface area contributed by atoms with Crippen molar-refractivity contribution in [3.05, 3.63) is 65.2 Å². The zero-order valence-electron chi connectivity index (χ0n) is 43.1. The van der Waals surface area contributed by atoms with E-state index in [0.29, 0.717) is 108 Å². The van der Waals surface area contributed by atoms with Crippen molar-refractivity contribution >= 4 is 76.3 Å². The van der Waals surface area contributed by atoms with Crippen molar-refractivity contribution in [1.82, 2.24) is 40.4 Å². The maximum absolute atomic E-state index is 13.6. The number of carbonyl (C=O) groups excluding carboxylic acids is 7. The summed E-state index contributed by atoms with van der Waals surface area (Å²) in [4.78, 5) is 119. The Morgan fingerprint density at radius 1 is 0.667 bits per heavy atom. The van der Waals surface area contributed by atoms with Crippen LogP contribution in [0.1, 0.15) is 75.0 Å². The number of anilines is 1. The molecular formula is C50H77N13O11S. The Morgan fingerprint density at radius 2 is 1.21 bits per heavy atom. The highest BCUT2D eigenvalue weighted by molar-refractivity contribution is 7.80. The number of rotatable bonds is 30. The number of nitrogens with one attached hydrogen (secondary N) is 4. The van der Waals surface area contributed by atoms with E-state index < -0.39 is 59.5 Å². The Hall–Kier alpha value is -6.80. The number of amides is 7. The van der Waals surface area contributed by atoms with Crippen LogP contribution < -0.4 is 44.2 Å². The third-order valence-corrected chi connectivity index (χ3v) is 12.7. The molecule has 0 bridgehead atoms. The van der Waals surface area contributed by atoms with E-state index in [-0.39, 0.29) is 63.8 Å². The Bertz CT molecular complexity index is 2240. The Labute approximate surface area is 443 Å². The SMILES string of the molecule is CC(=O)[C@@H](CCC(=O)O)NC(=O)N[C@H](CCCCN(Cc1ccc(C)cc1)C(=O)CCCCNC(=S)Nc1ccc(CC2CN(CC(N)=O)CCN(CC(N)=O)CCN(CC(N)=O)CCN2CC(N)=O)cc1)C(=O)O. The number of ketones is 1. The number of hydrogen-bond acceptors (Lipinski definition) is 14. The summed E-state index contributed by atoms with van der Waals surface area (Å²) in [6.07, 6.45) is 2.25. The van der Waals surface area contributed by atoms with Crippen LogP contribution in [0.5, 0.6) is 0 Å². The molecule has 1 aliphatic rings. The predicted octanol–water partition coefficient (Wildman–Crippen LogP) is -0.700. The van der Waals surface area contributed by atoms with E-state index >= 15 is 0 Å². The zero-order chi connectivity index (χ0) is 55.5. The number of carbonyl (C=O) groups is 9. The lowest BCUT2D eigenvalue weighted by atomic mass is 10.0. The standard InChI is InChI=1S/C50H77N13O11S/c1-34-9-11-37(12-10-34)28-63(20-6-4-7-41(48(72)73)58-49(74)57-40(35(2)64)17-18-47(70)71)46(69)8-3-5-19-55-50(75)56-38-15-13-36(14-16-38)27-39-29-61(32-44(53)67)24-23-59(30-42(51)65)21-22-60(31-43(52)66)25-26-62(39)33-45(54)68/h9-16,39-41H,3-8,17-33H2,1-2H3,(H2,51,65)(H2,52,66)(H2,53,67)(H2,54,68)(H,70,71)(H,72,73)(H2,55,56,75)(H2,57,58,74)/t39?,40-,41-/m1/s1. The van der Waals surface area contributed by atoms with Crippen LogP contribution in [-0.2, 0) is 51.3 Å². The first kappa shape index (κ1) is 62.5. The van der Waals surface area contributed by atoms with Crippen LogP contribution in [-0.4, -0.2) is 196 Å². The summed E-state index contributed by atoms with van der Waals surface area (Å²) in [5.74, 6) is -5.08. The second-order valence-electron chi connectivity index (χ2n) is 18.9. The Kier molecular flexibility index (Phi) is 27.7. The number of thiocarbonyl (C=S) groups is 1. The highest BCUT2D eigenvalue weighted by Crippen LogP contribution is 2.17. The molecule has 0 aromatic heterocycles. The van der Waals surface area contributed by atoms with Crippen LogP contribution in [0, 0.1) is 6.92 Å². The number of nitrogens with two attached hydrogens (primary N) is 4. The summed E-state index contributed by atoms with van der Waals surface area (Å²) in [5.41, 5.74) is 26.1. The lowest BCUT2D eigenvalue weighted by Gasteiger charge is -2.38. The first-order valence-electron chi connectivity index (χ1n) is 25.1. The quantitative estimate of drug-likeness (QED) is 0.0342. The molecule has 1 unspecified atom stereocenters. The normalized spacial score (nSPS) is 15.9. The van der Waals surface area contributed by atoms with Crippen molar-refractivity contribution in [3.8, 4) is 0 Å². The molecule has 25 heteroatoms. The lowest BCUT2D eigenvalue weighted by molar-refractivity contribution is -0.139. The zero-order valence-corrected chi connectivity index (χ0v) is 44.0. The van der Waals surface area contributed by atoms with Crippen LogP contribution in [0.15, 0.2) is 48.5 Å². The smallest absolute Gasteiger partial charge is 0.326 e. The van der Waals surface area contributed by atoms with Crippen LogP contribution >= 0.6 is 12.2 Å². The van der Waals surface area contributed by atoms with Gasteiger partial charge in [-0.1, -0.05) is 42.0 Å². The maximum atomic E-state index is 13.6. The monoisotopic (exact) mass is 1070 g/mol. The Balaban J connectivity index is 1.58. The number of nitrogens with zero attached hydrogens (tertiary/aromatic N) is 5. The molecule has 1 heterocycles. The molecule has 0 spiro atoms. The second kappa shape index (κ2) is 33.2. The average molecular weight is 1070 g/mol. The first-order valence-corrected chi connectivity index (χ1v) is 25.5. The van der Waals surface area contributed by atoms with E-state index in [1.165, 1.54) is 6.92 Å². The van der Waals surface area contributed by atoms with E-state index in [1.807, 2.05) is 75.1 Å². The highest BCUT2D eigenvalue weighted by Gasteiger charge is 2.28. The molecule has 7 amide bonds. The van der Waals surface area contributed by atoms with Gasteiger partial charge in [0, 0.05) is 90.0 Å². The molecule has 0 aliphatic carbocycles. The number of aryl methyl sites for hydroxylation is 1. The van der Waals surface area contributed by atoms with E-state index in [2.05, 4.69) is 21.3 Å². The van der Waals surface area contributed by atoms with Crippen molar-refractivity contribution in [2.45, 2.75) is 96.3 Å². The Morgan fingerprint density at radius 3 is 1.77 bits per heavy atom. The summed E-state index contributed by atoms with van der Waals surface area (Å²) in [7, 11) is 0. The minimum absolute atomic E-state index is 0.0222. The molecular weight excluding hydrogens is 991 g/mol. The van der Waals surface area contributed by atoms with E-state index in [4.69, 9.17) is 40.3 Å². The average Bonchev–Trinajstić information content (AvgIpc) is 3.32. The molecule has 0 saturated carbocycles. The summed E-state index contributed by atoms with van der Waals surface area (Å²) in [6, 6.07) is 11.8. The van der Waals surface area contributed by atoms with Gasteiger partial charge in [-0.15, -0.1) is 0 Å². The molecule has 75 heavy (non-hydrogen) atoms. The number of primary amides is 4. The minimum Gasteiger partial charge on any atom is -0.481 e. The summed E-state index contributed by atoms with van der Waals surface area (Å²) >= 11 is 5.58. The molecule has 1 fully saturated rings. The van der Waals surface area contributed by atoms with Gasteiger partial charge in [0.05, 0.1) is 32.2 Å². The summed E-state index contributed by atoms with van der Waals surface area (Å²) < 4.78 is 0. The fourth-order valence-corrected chi connectivity index (χ4v) is 8.74. The number of benzene rings is 2. The molecule has 414 valence electrons. The second-order valence-corrected chi connectivity index (χ2v) is 19.3. The van der Waals surface area contributed by atoms with Gasteiger partial charge in [0.2, 0.25) is 29.5 Å². The maximum Gasteiger partial charge on any atom is 0.326 e. The number of carboxylic acid groups (broad SMARTS) is 2. The largest absolute Gasteiger partial charge is 0.481 e. The lowest BCUT2D eigenvalue weighted by Crippen LogP contribution is -2.54. The number of aliphatic carboxylic acids is 2. The van der Waals surface area contributed by atoms with E-state index in [1.54, 1.807) is 4.90 Å². The van der Waals surface area contributed by atoms with Crippen molar-refractivity contribution < 1.29 is 53.4 Å². The number of Topliss-reactive ketones (excluding diaryl/α,β-unsaturated/α-hetero) is 1. The van der Waals surface area contributed by atoms with Gasteiger partial charge in [0.25, 0.3) is 0 Å². The number of carboxylic acids is 2. The molecule has 0 radical (unpaired) electrons. The molecule has 3 atom stereocenters. The molecule has 2 aromatic carbocycles. The molecule has 24 nitrogen and oxygen atoms in total. The minimum atomic E-state index is -1.28. The summed E-state index contributed by atoms with van der Waals surface area (Å²) in [5, 5.41) is 30.2. The summed E-state index contributed by atoms with van der Waals surface area (Å²) in [6.45, 7) is 6.70. The fraction of sp³-hybridized carbons (Fsp3) is 0.560. The van der Waals surface area contributed by atoms with Crippen molar-refractivity contribution in [3.63, 3.8) is 0 Å². The van der Waals surface area contributed by atoms with E-state index in [0.717, 1.165) is 16.7 Å². The third kappa shape index (κ3) is 26.3. The van der Waals surface area contributed by atoms with Gasteiger partial charge in [-0.2, -0.15) is 0 Å².